The van der Waals surface area contributed by atoms with Gasteiger partial charge in [-0.1, -0.05) is 11.6 Å². The summed E-state index contributed by atoms with van der Waals surface area (Å²) >= 11 is 0. The third-order valence-corrected chi connectivity index (χ3v) is 3.25. The van der Waals surface area contributed by atoms with Crippen LogP contribution in [0.2, 0.25) is 0 Å². The van der Waals surface area contributed by atoms with E-state index in [2.05, 4.69) is 22.1 Å². The largest absolute Gasteiger partial charge is 0.339 e. The van der Waals surface area contributed by atoms with Gasteiger partial charge in [0.05, 0.1) is 6.42 Å². The van der Waals surface area contributed by atoms with Gasteiger partial charge in [0.2, 0.25) is 5.89 Å². The van der Waals surface area contributed by atoms with E-state index in [1.807, 2.05) is 0 Å². The standard InChI is InChI=1S/C12H19N3O2/c1-9(16)7-12-13-11(14-17-12)8-10-5-3-4-6-15(10)2/h10H,3-8H2,1-2H3. The first-order valence-corrected chi connectivity index (χ1v) is 6.16. The van der Waals surface area contributed by atoms with Crippen LogP contribution in [0.25, 0.3) is 0 Å². The maximum Gasteiger partial charge on any atom is 0.234 e. The number of piperidine rings is 1. The van der Waals surface area contributed by atoms with Gasteiger partial charge >= 0.3 is 0 Å². The lowest BCUT2D eigenvalue weighted by atomic mass is 10.00. The predicted octanol–water partition coefficient (Wildman–Crippen LogP) is 1.23. The SMILES string of the molecule is CC(=O)Cc1nc(CC2CCCCN2C)no1. The zero-order valence-corrected chi connectivity index (χ0v) is 10.5. The van der Waals surface area contributed by atoms with Gasteiger partial charge in [0, 0.05) is 12.5 Å². The van der Waals surface area contributed by atoms with E-state index in [0.717, 1.165) is 18.8 Å². The number of likely N-dealkylation sites (N-methyl/N-ethyl adjacent to an activating group) is 1. The number of rotatable bonds is 4. The number of hydrogen-bond donors (Lipinski definition) is 0. The van der Waals surface area contributed by atoms with Gasteiger partial charge in [0.1, 0.15) is 5.78 Å². The average molecular weight is 237 g/mol. The Kier molecular flexibility index (Phi) is 3.89. The summed E-state index contributed by atoms with van der Waals surface area (Å²) in [6, 6.07) is 0.506. The van der Waals surface area contributed by atoms with E-state index >= 15 is 0 Å². The molecule has 5 nitrogen and oxygen atoms in total. The Morgan fingerprint density at radius 1 is 1.53 bits per heavy atom. The second-order valence-corrected chi connectivity index (χ2v) is 4.82. The van der Waals surface area contributed by atoms with E-state index in [9.17, 15) is 4.79 Å². The molecule has 0 spiro atoms. The molecule has 0 aliphatic carbocycles. The predicted molar refractivity (Wildman–Crippen MR) is 62.7 cm³/mol. The molecule has 2 rings (SSSR count). The van der Waals surface area contributed by atoms with Crippen LogP contribution in [0.3, 0.4) is 0 Å². The van der Waals surface area contributed by atoms with Gasteiger partial charge in [-0.2, -0.15) is 4.98 Å². The molecule has 0 N–H and O–H groups in total. The third kappa shape index (κ3) is 3.36. The zero-order chi connectivity index (χ0) is 12.3. The maximum absolute atomic E-state index is 10.9. The molecule has 1 aromatic rings. The van der Waals surface area contributed by atoms with Crippen LogP contribution in [-0.4, -0.2) is 40.5 Å². The van der Waals surface area contributed by atoms with Gasteiger partial charge in [-0.25, -0.2) is 0 Å². The first kappa shape index (κ1) is 12.2. The highest BCUT2D eigenvalue weighted by atomic mass is 16.5. The molecule has 1 atom stereocenters. The molecule has 5 heteroatoms. The Labute approximate surface area is 101 Å². The molecule has 1 unspecified atom stereocenters. The van der Waals surface area contributed by atoms with Crippen LogP contribution in [-0.2, 0) is 17.6 Å². The molecule has 17 heavy (non-hydrogen) atoms. The van der Waals surface area contributed by atoms with Crippen molar-refractivity contribution in [2.75, 3.05) is 13.6 Å². The topological polar surface area (TPSA) is 59.2 Å². The smallest absolute Gasteiger partial charge is 0.234 e. The molecular formula is C12H19N3O2. The molecule has 1 aliphatic rings. The molecule has 1 aromatic heterocycles. The molecule has 1 fully saturated rings. The van der Waals surface area contributed by atoms with Crippen molar-refractivity contribution >= 4 is 5.78 Å². The minimum atomic E-state index is 0.0509. The molecule has 0 aromatic carbocycles. The summed E-state index contributed by atoms with van der Waals surface area (Å²) in [6.45, 7) is 2.67. The van der Waals surface area contributed by atoms with Crippen molar-refractivity contribution in [3.63, 3.8) is 0 Å². The van der Waals surface area contributed by atoms with Crippen LogP contribution in [0.1, 0.15) is 37.9 Å². The molecule has 1 aliphatic heterocycles. The van der Waals surface area contributed by atoms with Gasteiger partial charge in [0.15, 0.2) is 5.82 Å². The Balaban J connectivity index is 1.93. The van der Waals surface area contributed by atoms with Gasteiger partial charge in [-0.15, -0.1) is 0 Å². The van der Waals surface area contributed by atoms with E-state index in [1.54, 1.807) is 0 Å². The molecule has 0 saturated carbocycles. The van der Waals surface area contributed by atoms with E-state index in [1.165, 1.54) is 26.2 Å². The summed E-state index contributed by atoms with van der Waals surface area (Å²) in [7, 11) is 2.14. The number of nitrogens with zero attached hydrogens (tertiary/aromatic N) is 3. The molecule has 94 valence electrons. The Morgan fingerprint density at radius 3 is 3.06 bits per heavy atom. The molecule has 1 saturated heterocycles. The summed E-state index contributed by atoms with van der Waals surface area (Å²) in [4.78, 5) is 17.5. The number of carbonyl (C=O) groups excluding carboxylic acids is 1. The first-order chi connectivity index (χ1) is 8.15. The molecule has 2 heterocycles. The Bertz CT molecular complexity index is 389. The van der Waals surface area contributed by atoms with Gasteiger partial charge in [0.25, 0.3) is 0 Å². The number of hydrogen-bond acceptors (Lipinski definition) is 5. The highest BCUT2D eigenvalue weighted by Crippen LogP contribution is 2.17. The van der Waals surface area contributed by atoms with E-state index in [0.29, 0.717) is 11.9 Å². The van der Waals surface area contributed by atoms with Crippen LogP contribution in [0.4, 0.5) is 0 Å². The minimum absolute atomic E-state index is 0.0509. The molecule has 0 bridgehead atoms. The van der Waals surface area contributed by atoms with Crippen molar-refractivity contribution in [3.8, 4) is 0 Å². The van der Waals surface area contributed by atoms with E-state index in [4.69, 9.17) is 4.52 Å². The van der Waals surface area contributed by atoms with Crippen LogP contribution in [0.5, 0.6) is 0 Å². The highest BCUT2D eigenvalue weighted by Gasteiger charge is 2.21. The van der Waals surface area contributed by atoms with Gasteiger partial charge in [-0.3, -0.25) is 4.79 Å². The van der Waals surface area contributed by atoms with Crippen LogP contribution < -0.4 is 0 Å². The summed E-state index contributed by atoms with van der Waals surface area (Å²) in [5, 5.41) is 3.93. The highest BCUT2D eigenvalue weighted by molar-refractivity contribution is 5.77. The number of carbonyl (C=O) groups is 1. The van der Waals surface area contributed by atoms with Crippen LogP contribution >= 0.6 is 0 Å². The normalized spacial score (nSPS) is 21.6. The fourth-order valence-corrected chi connectivity index (χ4v) is 2.27. The first-order valence-electron chi connectivity index (χ1n) is 6.16. The van der Waals surface area contributed by atoms with E-state index in [-0.39, 0.29) is 12.2 Å². The van der Waals surface area contributed by atoms with Crippen molar-refractivity contribution in [3.05, 3.63) is 11.7 Å². The van der Waals surface area contributed by atoms with Crippen molar-refractivity contribution < 1.29 is 9.32 Å². The van der Waals surface area contributed by atoms with Gasteiger partial charge < -0.3 is 9.42 Å². The minimum Gasteiger partial charge on any atom is -0.339 e. The fourth-order valence-electron chi connectivity index (χ4n) is 2.27. The van der Waals surface area contributed by atoms with Crippen LogP contribution in [0, 0.1) is 0 Å². The third-order valence-electron chi connectivity index (χ3n) is 3.25. The lowest BCUT2D eigenvalue weighted by Crippen LogP contribution is -2.37. The molecular weight excluding hydrogens is 218 g/mol. The fraction of sp³-hybridized carbons (Fsp3) is 0.750. The number of aromatic nitrogens is 2. The van der Waals surface area contributed by atoms with Crippen molar-refractivity contribution in [1.29, 1.82) is 0 Å². The number of likely N-dealkylation sites (tertiary alicyclic amines) is 1. The summed E-state index contributed by atoms with van der Waals surface area (Å²) in [5.41, 5.74) is 0. The van der Waals surface area contributed by atoms with Crippen molar-refractivity contribution in [2.45, 2.75) is 45.1 Å². The second kappa shape index (κ2) is 5.40. The second-order valence-electron chi connectivity index (χ2n) is 4.82. The Morgan fingerprint density at radius 2 is 2.35 bits per heavy atom. The van der Waals surface area contributed by atoms with Crippen molar-refractivity contribution in [1.82, 2.24) is 15.0 Å². The number of ketones is 1. The molecule has 0 radical (unpaired) electrons. The van der Waals surface area contributed by atoms with Crippen molar-refractivity contribution in [2.24, 2.45) is 0 Å². The Hall–Kier alpha value is -1.23. The summed E-state index contributed by atoms with van der Waals surface area (Å²) < 4.78 is 5.05. The van der Waals surface area contributed by atoms with Gasteiger partial charge in [-0.05, 0) is 33.4 Å². The maximum atomic E-state index is 10.9. The van der Waals surface area contributed by atoms with Crippen LogP contribution in [0.15, 0.2) is 4.52 Å². The number of Topliss-reactive ketones (excluding diaryl/α,β-unsaturated/α-hetero) is 1. The lowest BCUT2D eigenvalue weighted by molar-refractivity contribution is -0.116. The molecule has 0 amide bonds. The monoisotopic (exact) mass is 237 g/mol. The summed E-state index contributed by atoms with van der Waals surface area (Å²) in [5.74, 6) is 1.21. The zero-order valence-electron chi connectivity index (χ0n) is 10.5. The summed E-state index contributed by atoms with van der Waals surface area (Å²) in [6.07, 6.45) is 4.79. The lowest BCUT2D eigenvalue weighted by Gasteiger charge is -2.31. The van der Waals surface area contributed by atoms with E-state index < -0.39 is 0 Å². The average Bonchev–Trinajstić information content (AvgIpc) is 2.68. The quantitative estimate of drug-likeness (QED) is 0.788.